The number of nitrogens with zero attached hydrogens (tertiary/aromatic N) is 1. The molecule has 136 valence electrons. The van der Waals surface area contributed by atoms with Gasteiger partial charge in [0.15, 0.2) is 6.10 Å². The Morgan fingerprint density at radius 2 is 1.80 bits per heavy atom. The predicted molar refractivity (Wildman–Crippen MR) is 90.0 cm³/mol. The molecule has 1 aromatic rings. The van der Waals surface area contributed by atoms with E-state index in [1.165, 1.54) is 31.2 Å². The van der Waals surface area contributed by atoms with Gasteiger partial charge >= 0.3 is 5.97 Å². The maximum absolute atomic E-state index is 12.0. The molecule has 0 aromatic heterocycles. The van der Waals surface area contributed by atoms with Gasteiger partial charge in [0.25, 0.3) is 5.91 Å². The van der Waals surface area contributed by atoms with Gasteiger partial charge in [0.05, 0.1) is 16.5 Å². The van der Waals surface area contributed by atoms with Gasteiger partial charge in [0.1, 0.15) is 0 Å². The van der Waals surface area contributed by atoms with Gasteiger partial charge < -0.3 is 10.1 Å². The van der Waals surface area contributed by atoms with E-state index in [4.69, 9.17) is 10.00 Å². The van der Waals surface area contributed by atoms with Crippen LogP contribution in [0.25, 0.3) is 0 Å². The molecule has 0 heterocycles. The van der Waals surface area contributed by atoms with E-state index in [2.05, 4.69) is 10.0 Å². The molecule has 0 saturated carbocycles. The van der Waals surface area contributed by atoms with Crippen LogP contribution in [0.2, 0.25) is 0 Å². The SMILES string of the molecule is CC(C)NC(=O)[C@H](C)OC(=O)c1ccc(S(=O)(=O)NCCC#N)cc1. The second-order valence-electron chi connectivity index (χ2n) is 5.54. The number of benzene rings is 1. The molecule has 0 aliphatic carbocycles. The van der Waals surface area contributed by atoms with Gasteiger partial charge in [-0.05, 0) is 45.0 Å². The van der Waals surface area contributed by atoms with Gasteiger partial charge in [-0.15, -0.1) is 0 Å². The van der Waals surface area contributed by atoms with E-state index in [0.717, 1.165) is 0 Å². The molecular weight excluding hydrogens is 346 g/mol. The quantitative estimate of drug-likeness (QED) is 0.520. The molecule has 8 nitrogen and oxygen atoms in total. The number of hydrogen-bond acceptors (Lipinski definition) is 6. The predicted octanol–water partition coefficient (Wildman–Crippen LogP) is 0.948. The fourth-order valence-corrected chi connectivity index (χ4v) is 2.81. The summed E-state index contributed by atoms with van der Waals surface area (Å²) in [5.41, 5.74) is 0.125. The summed E-state index contributed by atoms with van der Waals surface area (Å²) in [6.45, 7) is 5.03. The lowest BCUT2D eigenvalue weighted by Crippen LogP contribution is -2.39. The van der Waals surface area contributed by atoms with Gasteiger partial charge in [0.2, 0.25) is 10.0 Å². The maximum Gasteiger partial charge on any atom is 0.338 e. The van der Waals surface area contributed by atoms with Crippen LogP contribution in [0.15, 0.2) is 29.2 Å². The van der Waals surface area contributed by atoms with Crippen molar-refractivity contribution in [2.75, 3.05) is 6.54 Å². The average molecular weight is 367 g/mol. The monoisotopic (exact) mass is 367 g/mol. The minimum absolute atomic E-state index is 0.00506. The standard InChI is InChI=1S/C16H21N3O5S/c1-11(2)19-15(20)12(3)24-16(21)13-5-7-14(8-6-13)25(22,23)18-10-4-9-17/h5-8,11-12,18H,4,10H2,1-3H3,(H,19,20)/t12-/m0/s1. The Labute approximate surface area is 147 Å². The van der Waals surface area contributed by atoms with Gasteiger partial charge in [-0.1, -0.05) is 0 Å². The second-order valence-corrected chi connectivity index (χ2v) is 7.31. The molecule has 1 aromatic carbocycles. The molecule has 0 bridgehead atoms. The highest BCUT2D eigenvalue weighted by atomic mass is 32.2. The molecule has 0 fully saturated rings. The van der Waals surface area contributed by atoms with E-state index in [0.29, 0.717) is 0 Å². The first-order valence-corrected chi connectivity index (χ1v) is 9.13. The third kappa shape index (κ3) is 6.52. The van der Waals surface area contributed by atoms with Crippen molar-refractivity contribution in [3.63, 3.8) is 0 Å². The number of ether oxygens (including phenoxy) is 1. The Balaban J connectivity index is 2.74. The Kier molecular flexibility index (Phi) is 7.54. The van der Waals surface area contributed by atoms with E-state index in [9.17, 15) is 18.0 Å². The van der Waals surface area contributed by atoms with Gasteiger partial charge in [0, 0.05) is 19.0 Å². The first kappa shape index (κ1) is 20.6. The lowest BCUT2D eigenvalue weighted by molar-refractivity contribution is -0.129. The summed E-state index contributed by atoms with van der Waals surface area (Å²) in [6, 6.07) is 6.86. The average Bonchev–Trinajstić information content (AvgIpc) is 2.54. The van der Waals surface area contributed by atoms with Crippen molar-refractivity contribution < 1.29 is 22.7 Å². The van der Waals surface area contributed by atoms with Gasteiger partial charge in [-0.25, -0.2) is 17.9 Å². The minimum atomic E-state index is -3.74. The van der Waals surface area contributed by atoms with Crippen molar-refractivity contribution in [1.29, 1.82) is 5.26 Å². The summed E-state index contributed by atoms with van der Waals surface area (Å²) in [7, 11) is -3.74. The molecule has 1 atom stereocenters. The number of carbonyl (C=O) groups excluding carboxylic acids is 2. The molecule has 0 unspecified atom stereocenters. The molecule has 1 amide bonds. The van der Waals surface area contributed by atoms with Crippen LogP contribution in [0.5, 0.6) is 0 Å². The number of hydrogen-bond donors (Lipinski definition) is 2. The zero-order valence-corrected chi connectivity index (χ0v) is 15.1. The molecule has 9 heteroatoms. The van der Waals surface area contributed by atoms with Crippen LogP contribution in [0.1, 0.15) is 37.6 Å². The van der Waals surface area contributed by atoms with Gasteiger partial charge in [-0.3, -0.25) is 4.79 Å². The highest BCUT2D eigenvalue weighted by Gasteiger charge is 2.20. The zero-order valence-electron chi connectivity index (χ0n) is 14.3. The smallest absolute Gasteiger partial charge is 0.338 e. The first-order chi connectivity index (χ1) is 11.7. The molecule has 0 aliphatic rings. The Bertz CT molecular complexity index is 751. The molecule has 0 radical (unpaired) electrons. The summed E-state index contributed by atoms with van der Waals surface area (Å²) in [5.74, 6) is -1.14. The lowest BCUT2D eigenvalue weighted by atomic mass is 10.2. The third-order valence-corrected chi connectivity index (χ3v) is 4.49. The van der Waals surface area contributed by atoms with Crippen molar-refractivity contribution in [2.24, 2.45) is 0 Å². The lowest BCUT2D eigenvalue weighted by Gasteiger charge is -2.15. The van der Waals surface area contributed by atoms with Crippen molar-refractivity contribution in [3.8, 4) is 6.07 Å². The van der Waals surface area contributed by atoms with E-state index in [1.807, 2.05) is 6.07 Å². The van der Waals surface area contributed by atoms with Crippen LogP contribution in [-0.2, 0) is 19.6 Å². The van der Waals surface area contributed by atoms with E-state index in [1.54, 1.807) is 13.8 Å². The number of rotatable bonds is 8. The van der Waals surface area contributed by atoms with Crippen LogP contribution in [0.3, 0.4) is 0 Å². The number of nitrogens with one attached hydrogen (secondary N) is 2. The Morgan fingerprint density at radius 1 is 1.20 bits per heavy atom. The second kappa shape index (κ2) is 9.15. The third-order valence-electron chi connectivity index (χ3n) is 3.01. The highest BCUT2D eigenvalue weighted by Crippen LogP contribution is 2.12. The summed E-state index contributed by atoms with van der Waals surface area (Å²) < 4.78 is 31.3. The van der Waals surface area contributed by atoms with Crippen molar-refractivity contribution in [3.05, 3.63) is 29.8 Å². The maximum atomic E-state index is 12.0. The van der Waals surface area contributed by atoms with E-state index in [-0.39, 0.29) is 29.5 Å². The number of sulfonamides is 1. The largest absolute Gasteiger partial charge is 0.449 e. The number of carbonyl (C=O) groups is 2. The molecule has 0 aliphatic heterocycles. The normalized spacial score (nSPS) is 12.3. The number of amides is 1. The van der Waals surface area contributed by atoms with Gasteiger partial charge in [-0.2, -0.15) is 5.26 Å². The van der Waals surface area contributed by atoms with E-state index >= 15 is 0 Å². The molecule has 2 N–H and O–H groups in total. The summed E-state index contributed by atoms with van der Waals surface area (Å²) >= 11 is 0. The van der Waals surface area contributed by atoms with Crippen LogP contribution >= 0.6 is 0 Å². The van der Waals surface area contributed by atoms with Crippen molar-refractivity contribution in [1.82, 2.24) is 10.0 Å². The topological polar surface area (TPSA) is 125 Å². The van der Waals surface area contributed by atoms with Crippen molar-refractivity contribution >= 4 is 21.9 Å². The van der Waals surface area contributed by atoms with Crippen LogP contribution in [0, 0.1) is 11.3 Å². The molecule has 0 saturated heterocycles. The van der Waals surface area contributed by atoms with Crippen LogP contribution < -0.4 is 10.0 Å². The zero-order chi connectivity index (χ0) is 19.0. The molecular formula is C16H21N3O5S. The summed E-state index contributed by atoms with van der Waals surface area (Å²) in [5, 5.41) is 11.1. The number of esters is 1. The summed E-state index contributed by atoms with van der Waals surface area (Å²) in [4.78, 5) is 23.7. The van der Waals surface area contributed by atoms with Crippen LogP contribution in [0.4, 0.5) is 0 Å². The first-order valence-electron chi connectivity index (χ1n) is 7.65. The summed E-state index contributed by atoms with van der Waals surface area (Å²) in [6.07, 6.45) is -0.911. The molecule has 0 spiro atoms. The fourth-order valence-electron chi connectivity index (χ4n) is 1.78. The number of nitriles is 1. The fraction of sp³-hybridized carbons (Fsp3) is 0.438. The minimum Gasteiger partial charge on any atom is -0.449 e. The molecule has 25 heavy (non-hydrogen) atoms. The van der Waals surface area contributed by atoms with Crippen molar-refractivity contribution in [2.45, 2.75) is 44.2 Å². The molecule has 1 rings (SSSR count). The van der Waals surface area contributed by atoms with E-state index < -0.39 is 28.0 Å². The Hall–Kier alpha value is -2.44. The Morgan fingerprint density at radius 3 is 2.32 bits per heavy atom. The highest BCUT2D eigenvalue weighted by molar-refractivity contribution is 7.89. The van der Waals surface area contributed by atoms with Crippen LogP contribution in [-0.4, -0.2) is 39.0 Å².